The molecule has 1 aliphatic heterocycles. The van der Waals surface area contributed by atoms with Gasteiger partial charge in [0.05, 0.1) is 5.56 Å². The summed E-state index contributed by atoms with van der Waals surface area (Å²) < 4.78 is 13.7. The van der Waals surface area contributed by atoms with E-state index in [-0.39, 0.29) is 36.0 Å². The molecule has 1 aromatic rings. The molecule has 1 amide bonds. The molecule has 19 heavy (non-hydrogen) atoms. The first-order valence-corrected chi connectivity index (χ1v) is 6.29. The number of hydrogen-bond acceptors (Lipinski definition) is 2. The van der Waals surface area contributed by atoms with Crippen molar-refractivity contribution in [3.63, 3.8) is 0 Å². The fraction of sp³-hybridized carbons (Fsp3) is 0.500. The van der Waals surface area contributed by atoms with Crippen molar-refractivity contribution in [2.45, 2.75) is 32.9 Å². The minimum atomic E-state index is -0.440. The molecule has 1 N–H and O–H groups in total. The highest BCUT2D eigenvalue weighted by Crippen LogP contribution is 2.15. The maximum absolute atomic E-state index is 13.7. The monoisotopic (exact) mass is 286 g/mol. The first kappa shape index (κ1) is 15.9. The molecule has 1 aliphatic rings. The second-order valence-electron chi connectivity index (χ2n) is 5.16. The minimum absolute atomic E-state index is 0. The van der Waals surface area contributed by atoms with Crippen molar-refractivity contribution in [2.75, 3.05) is 13.1 Å². The second-order valence-corrected chi connectivity index (χ2v) is 5.16. The number of benzene rings is 1. The molecule has 0 radical (unpaired) electrons. The topological polar surface area (TPSA) is 32.3 Å². The largest absolute Gasteiger partial charge is 0.335 e. The third-order valence-corrected chi connectivity index (χ3v) is 3.20. The van der Waals surface area contributed by atoms with E-state index < -0.39 is 5.82 Å². The third-order valence-electron chi connectivity index (χ3n) is 3.20. The lowest BCUT2D eigenvalue weighted by molar-refractivity contribution is 0.0669. The van der Waals surface area contributed by atoms with Crippen LogP contribution in [0.1, 0.15) is 29.8 Å². The van der Waals surface area contributed by atoms with E-state index in [2.05, 4.69) is 5.32 Å². The lowest BCUT2D eigenvalue weighted by Gasteiger charge is -2.36. The summed E-state index contributed by atoms with van der Waals surface area (Å²) in [7, 11) is 0. The van der Waals surface area contributed by atoms with E-state index in [1.807, 2.05) is 20.8 Å². The first-order valence-electron chi connectivity index (χ1n) is 6.29. The molecule has 0 aliphatic carbocycles. The van der Waals surface area contributed by atoms with Crippen LogP contribution in [0.25, 0.3) is 0 Å². The Morgan fingerprint density at radius 3 is 2.47 bits per heavy atom. The van der Waals surface area contributed by atoms with Gasteiger partial charge in [-0.2, -0.15) is 0 Å². The third kappa shape index (κ3) is 3.67. The molecule has 0 aromatic heterocycles. The summed E-state index contributed by atoms with van der Waals surface area (Å²) in [6.07, 6.45) is 0. The van der Waals surface area contributed by atoms with Crippen LogP contribution in [0.4, 0.5) is 4.39 Å². The quantitative estimate of drug-likeness (QED) is 0.860. The number of carbonyl (C=O) groups excluding carboxylic acids is 1. The van der Waals surface area contributed by atoms with Crippen molar-refractivity contribution in [3.8, 4) is 0 Å². The van der Waals surface area contributed by atoms with Crippen molar-refractivity contribution in [1.29, 1.82) is 0 Å². The SMILES string of the molecule is Cc1ccc(F)c(C(=O)N2CC(C)NC(C)C2)c1.Cl. The van der Waals surface area contributed by atoms with E-state index in [4.69, 9.17) is 0 Å². The normalized spacial score (nSPS) is 22.8. The Hall–Kier alpha value is -1.13. The van der Waals surface area contributed by atoms with Gasteiger partial charge in [-0.3, -0.25) is 4.79 Å². The molecule has 106 valence electrons. The number of amides is 1. The molecule has 1 heterocycles. The maximum Gasteiger partial charge on any atom is 0.256 e. The number of piperazine rings is 1. The van der Waals surface area contributed by atoms with E-state index in [1.165, 1.54) is 6.07 Å². The summed E-state index contributed by atoms with van der Waals surface area (Å²) in [5, 5.41) is 3.35. The van der Waals surface area contributed by atoms with Gasteiger partial charge >= 0.3 is 0 Å². The zero-order valence-electron chi connectivity index (χ0n) is 11.4. The van der Waals surface area contributed by atoms with Crippen LogP contribution in [-0.2, 0) is 0 Å². The fourth-order valence-electron chi connectivity index (χ4n) is 2.47. The lowest BCUT2D eigenvalue weighted by atomic mass is 10.1. The van der Waals surface area contributed by atoms with Crippen LogP contribution in [-0.4, -0.2) is 36.0 Å². The summed E-state index contributed by atoms with van der Waals surface area (Å²) in [6.45, 7) is 7.16. The van der Waals surface area contributed by atoms with Crippen LogP contribution in [0, 0.1) is 12.7 Å². The Balaban J connectivity index is 0.00000180. The van der Waals surface area contributed by atoms with E-state index in [0.29, 0.717) is 13.1 Å². The van der Waals surface area contributed by atoms with E-state index in [9.17, 15) is 9.18 Å². The van der Waals surface area contributed by atoms with E-state index in [1.54, 1.807) is 17.0 Å². The molecule has 1 fully saturated rings. The number of aryl methyl sites for hydroxylation is 1. The summed E-state index contributed by atoms with van der Waals surface area (Å²) >= 11 is 0. The van der Waals surface area contributed by atoms with Crippen molar-refractivity contribution in [1.82, 2.24) is 10.2 Å². The molecular weight excluding hydrogens is 267 g/mol. The highest BCUT2D eigenvalue weighted by Gasteiger charge is 2.26. The van der Waals surface area contributed by atoms with Gasteiger partial charge in [0.2, 0.25) is 0 Å². The lowest BCUT2D eigenvalue weighted by Crippen LogP contribution is -2.55. The van der Waals surface area contributed by atoms with Gasteiger partial charge in [-0.25, -0.2) is 4.39 Å². The van der Waals surface area contributed by atoms with Gasteiger partial charge in [0.25, 0.3) is 5.91 Å². The number of halogens is 2. The predicted octanol–water partition coefficient (Wildman–Crippen LogP) is 2.38. The molecule has 0 saturated carbocycles. The van der Waals surface area contributed by atoms with Gasteiger partial charge in [0, 0.05) is 25.2 Å². The number of hydrogen-bond donors (Lipinski definition) is 1. The van der Waals surface area contributed by atoms with Gasteiger partial charge in [-0.05, 0) is 32.9 Å². The summed E-state index contributed by atoms with van der Waals surface area (Å²) in [4.78, 5) is 14.0. The predicted molar refractivity (Wildman–Crippen MR) is 76.3 cm³/mol. The van der Waals surface area contributed by atoms with Crippen molar-refractivity contribution < 1.29 is 9.18 Å². The average Bonchev–Trinajstić information content (AvgIpc) is 2.30. The first-order chi connectivity index (χ1) is 8.47. The van der Waals surface area contributed by atoms with E-state index >= 15 is 0 Å². The highest BCUT2D eigenvalue weighted by atomic mass is 35.5. The van der Waals surface area contributed by atoms with Gasteiger partial charge in [-0.1, -0.05) is 11.6 Å². The molecule has 1 saturated heterocycles. The van der Waals surface area contributed by atoms with Crippen LogP contribution in [0.3, 0.4) is 0 Å². The average molecular weight is 287 g/mol. The van der Waals surface area contributed by atoms with E-state index in [0.717, 1.165) is 5.56 Å². The molecule has 0 spiro atoms. The highest BCUT2D eigenvalue weighted by molar-refractivity contribution is 5.94. The number of rotatable bonds is 1. The maximum atomic E-state index is 13.7. The van der Waals surface area contributed by atoms with Crippen molar-refractivity contribution >= 4 is 18.3 Å². The fourth-order valence-corrected chi connectivity index (χ4v) is 2.47. The van der Waals surface area contributed by atoms with Crippen LogP contribution in [0.2, 0.25) is 0 Å². The van der Waals surface area contributed by atoms with Gasteiger partial charge in [-0.15, -0.1) is 12.4 Å². The number of nitrogens with zero attached hydrogens (tertiary/aromatic N) is 1. The Labute approximate surface area is 119 Å². The van der Waals surface area contributed by atoms with Crippen LogP contribution < -0.4 is 5.32 Å². The van der Waals surface area contributed by atoms with Crippen LogP contribution in [0.5, 0.6) is 0 Å². The molecule has 2 atom stereocenters. The standard InChI is InChI=1S/C14H19FN2O.ClH/c1-9-4-5-13(15)12(6-9)14(18)17-7-10(2)16-11(3)8-17;/h4-6,10-11,16H,7-8H2,1-3H3;1H. The molecule has 3 nitrogen and oxygen atoms in total. The van der Waals surface area contributed by atoms with Crippen molar-refractivity contribution in [3.05, 3.63) is 35.1 Å². The summed E-state index contributed by atoms with van der Waals surface area (Å²) in [5.41, 5.74) is 1.08. The smallest absolute Gasteiger partial charge is 0.256 e. The summed E-state index contributed by atoms with van der Waals surface area (Å²) in [5.74, 6) is -0.652. The Morgan fingerprint density at radius 1 is 1.32 bits per heavy atom. The van der Waals surface area contributed by atoms with Gasteiger partial charge < -0.3 is 10.2 Å². The van der Waals surface area contributed by atoms with Crippen molar-refractivity contribution in [2.24, 2.45) is 0 Å². The Bertz CT molecular complexity index is 457. The number of nitrogens with one attached hydrogen (secondary N) is 1. The van der Waals surface area contributed by atoms with Crippen LogP contribution in [0.15, 0.2) is 18.2 Å². The zero-order chi connectivity index (χ0) is 13.3. The molecule has 0 bridgehead atoms. The molecule has 5 heteroatoms. The summed E-state index contributed by atoms with van der Waals surface area (Å²) in [6, 6.07) is 5.14. The molecule has 1 aromatic carbocycles. The minimum Gasteiger partial charge on any atom is -0.335 e. The Kier molecular flexibility index (Phi) is 5.32. The second kappa shape index (κ2) is 6.35. The van der Waals surface area contributed by atoms with Crippen LogP contribution >= 0.6 is 12.4 Å². The number of carbonyl (C=O) groups is 1. The zero-order valence-corrected chi connectivity index (χ0v) is 12.3. The van der Waals surface area contributed by atoms with Gasteiger partial charge in [0.15, 0.2) is 0 Å². The molecule has 2 rings (SSSR count). The molecule has 2 unspecified atom stereocenters. The van der Waals surface area contributed by atoms with Gasteiger partial charge in [0.1, 0.15) is 5.82 Å². The Morgan fingerprint density at radius 2 is 1.89 bits per heavy atom. The molecular formula is C14H20ClFN2O.